The van der Waals surface area contributed by atoms with Crippen LogP contribution in [0.15, 0.2) is 0 Å². The largest absolute Gasteiger partial charge is 0.465 e. The molecule has 0 aromatic carbocycles. The van der Waals surface area contributed by atoms with Crippen molar-refractivity contribution in [3.05, 3.63) is 0 Å². The number of nitrogens with one attached hydrogen (secondary N) is 1. The Hall–Kier alpha value is -0.610. The number of hydrogen-bond donors (Lipinski definition) is 1. The van der Waals surface area contributed by atoms with Crippen LogP contribution in [0.1, 0.15) is 52.4 Å². The van der Waals surface area contributed by atoms with Gasteiger partial charge in [-0.05, 0) is 59.0 Å². The predicted octanol–water partition coefficient (Wildman–Crippen LogP) is 1.93. The van der Waals surface area contributed by atoms with E-state index < -0.39 is 5.54 Å². The zero-order chi connectivity index (χ0) is 13.9. The fourth-order valence-electron chi connectivity index (χ4n) is 3.41. The molecule has 0 aromatic rings. The van der Waals surface area contributed by atoms with E-state index in [0.29, 0.717) is 12.6 Å². The summed E-state index contributed by atoms with van der Waals surface area (Å²) >= 11 is 0. The van der Waals surface area contributed by atoms with E-state index in [1.807, 2.05) is 14.0 Å². The third-order valence-corrected chi connectivity index (χ3v) is 4.60. The monoisotopic (exact) mass is 268 g/mol. The third kappa shape index (κ3) is 3.11. The Morgan fingerprint density at radius 2 is 2.05 bits per heavy atom. The molecule has 4 nitrogen and oxygen atoms in total. The number of hydrogen-bond acceptors (Lipinski definition) is 4. The van der Waals surface area contributed by atoms with Crippen LogP contribution in [0, 0.1) is 0 Å². The number of carbonyl (C=O) groups excluding carboxylic acids is 1. The quantitative estimate of drug-likeness (QED) is 0.716. The maximum absolute atomic E-state index is 12.2. The molecule has 2 unspecified atom stereocenters. The highest BCUT2D eigenvalue weighted by Crippen LogP contribution is 2.39. The van der Waals surface area contributed by atoms with Crippen molar-refractivity contribution in [1.82, 2.24) is 10.2 Å². The van der Waals surface area contributed by atoms with Gasteiger partial charge in [-0.1, -0.05) is 6.92 Å². The lowest BCUT2D eigenvalue weighted by Crippen LogP contribution is -2.50. The first-order valence-electron chi connectivity index (χ1n) is 7.78. The smallest absolute Gasteiger partial charge is 0.326 e. The maximum atomic E-state index is 12.2. The van der Waals surface area contributed by atoms with Gasteiger partial charge in [0, 0.05) is 12.1 Å². The van der Waals surface area contributed by atoms with Gasteiger partial charge in [0.15, 0.2) is 0 Å². The Bertz CT molecular complexity index is 317. The third-order valence-electron chi connectivity index (χ3n) is 4.60. The summed E-state index contributed by atoms with van der Waals surface area (Å²) in [5, 5.41) is 3.25. The fraction of sp³-hybridized carbons (Fsp3) is 0.933. The van der Waals surface area contributed by atoms with E-state index in [4.69, 9.17) is 4.74 Å². The number of nitrogens with zero attached hydrogens (tertiary/aromatic N) is 1. The van der Waals surface area contributed by atoms with Crippen LogP contribution in [-0.2, 0) is 9.53 Å². The lowest BCUT2D eigenvalue weighted by Gasteiger charge is -2.31. The normalized spacial score (nSPS) is 30.8. The molecule has 0 aromatic heterocycles. The predicted molar refractivity (Wildman–Crippen MR) is 76.1 cm³/mol. The molecule has 0 heterocycles. The van der Waals surface area contributed by atoms with Gasteiger partial charge < -0.3 is 10.1 Å². The summed E-state index contributed by atoms with van der Waals surface area (Å²) in [4.78, 5) is 14.8. The Kier molecular flexibility index (Phi) is 4.85. The molecule has 2 fully saturated rings. The van der Waals surface area contributed by atoms with Crippen LogP contribution in [0.5, 0.6) is 0 Å². The first-order chi connectivity index (χ1) is 9.16. The first kappa shape index (κ1) is 14.8. The van der Waals surface area contributed by atoms with Crippen molar-refractivity contribution >= 4 is 5.97 Å². The van der Waals surface area contributed by atoms with Crippen LogP contribution < -0.4 is 5.32 Å². The summed E-state index contributed by atoms with van der Waals surface area (Å²) in [7, 11) is 1.89. The van der Waals surface area contributed by atoms with Crippen molar-refractivity contribution in [2.75, 3.05) is 20.2 Å². The molecule has 0 amide bonds. The van der Waals surface area contributed by atoms with Gasteiger partial charge in [-0.25, -0.2) is 0 Å². The number of esters is 1. The van der Waals surface area contributed by atoms with E-state index >= 15 is 0 Å². The number of likely N-dealkylation sites (N-methyl/N-ethyl adjacent to an activating group) is 1. The lowest BCUT2D eigenvalue weighted by molar-refractivity contribution is -0.151. The van der Waals surface area contributed by atoms with Gasteiger partial charge in [-0.3, -0.25) is 9.69 Å². The van der Waals surface area contributed by atoms with E-state index in [2.05, 4.69) is 17.1 Å². The molecule has 110 valence electrons. The Morgan fingerprint density at radius 1 is 1.32 bits per heavy atom. The summed E-state index contributed by atoms with van der Waals surface area (Å²) in [5.41, 5.74) is -0.443. The van der Waals surface area contributed by atoms with E-state index in [9.17, 15) is 4.79 Å². The second-order valence-corrected chi connectivity index (χ2v) is 5.92. The number of rotatable bonds is 7. The second kappa shape index (κ2) is 6.23. The van der Waals surface area contributed by atoms with Crippen LogP contribution in [0.2, 0.25) is 0 Å². The Labute approximate surface area is 116 Å². The van der Waals surface area contributed by atoms with Crippen molar-refractivity contribution in [3.63, 3.8) is 0 Å². The zero-order valence-corrected chi connectivity index (χ0v) is 12.6. The Balaban J connectivity index is 2.01. The summed E-state index contributed by atoms with van der Waals surface area (Å²) in [6.07, 6.45) is 6.78. The fourth-order valence-corrected chi connectivity index (χ4v) is 3.41. The summed E-state index contributed by atoms with van der Waals surface area (Å²) in [5.74, 6) is -0.0627. The minimum Gasteiger partial charge on any atom is -0.465 e. The van der Waals surface area contributed by atoms with Crippen molar-refractivity contribution in [1.29, 1.82) is 0 Å². The molecule has 2 rings (SSSR count). The van der Waals surface area contributed by atoms with Crippen LogP contribution in [-0.4, -0.2) is 48.7 Å². The van der Waals surface area contributed by atoms with Crippen molar-refractivity contribution in [2.24, 2.45) is 0 Å². The minimum absolute atomic E-state index is 0.0627. The minimum atomic E-state index is -0.443. The molecule has 0 radical (unpaired) electrons. The van der Waals surface area contributed by atoms with Gasteiger partial charge in [0.1, 0.15) is 5.54 Å². The van der Waals surface area contributed by atoms with Gasteiger partial charge in [0.2, 0.25) is 0 Å². The average molecular weight is 268 g/mol. The van der Waals surface area contributed by atoms with Gasteiger partial charge in [-0.15, -0.1) is 0 Å². The van der Waals surface area contributed by atoms with Crippen LogP contribution in [0.3, 0.4) is 0 Å². The molecule has 2 atom stereocenters. The molecule has 1 N–H and O–H groups in total. The lowest BCUT2D eigenvalue weighted by atomic mass is 9.97. The molecule has 2 aliphatic rings. The summed E-state index contributed by atoms with van der Waals surface area (Å²) < 4.78 is 5.26. The SMILES string of the molecule is CCCN(C1CC1)C1CCC(NC)(C(=O)OCC)C1. The molecule has 19 heavy (non-hydrogen) atoms. The van der Waals surface area contributed by atoms with Crippen LogP contribution in [0.4, 0.5) is 0 Å². The molecule has 0 aliphatic heterocycles. The standard InChI is InChI=1S/C15H28N2O2/c1-4-10-17(12-6-7-12)13-8-9-15(11-13,16-3)14(18)19-5-2/h12-13,16H,4-11H2,1-3H3. The molecule has 2 saturated carbocycles. The van der Waals surface area contributed by atoms with Gasteiger partial charge in [0.05, 0.1) is 6.61 Å². The molecular formula is C15H28N2O2. The highest BCUT2D eigenvalue weighted by molar-refractivity contribution is 5.81. The number of ether oxygens (including phenoxy) is 1. The highest BCUT2D eigenvalue weighted by atomic mass is 16.5. The average Bonchev–Trinajstić information content (AvgIpc) is 3.15. The second-order valence-electron chi connectivity index (χ2n) is 5.92. The van der Waals surface area contributed by atoms with E-state index in [-0.39, 0.29) is 5.97 Å². The zero-order valence-electron chi connectivity index (χ0n) is 12.6. The topological polar surface area (TPSA) is 41.6 Å². The molecular weight excluding hydrogens is 240 g/mol. The molecule has 0 bridgehead atoms. The van der Waals surface area contributed by atoms with Gasteiger partial charge in [0.25, 0.3) is 0 Å². The maximum Gasteiger partial charge on any atom is 0.326 e. The van der Waals surface area contributed by atoms with E-state index in [1.165, 1.54) is 19.3 Å². The molecule has 0 spiro atoms. The summed E-state index contributed by atoms with van der Waals surface area (Å²) in [6, 6.07) is 1.32. The van der Waals surface area contributed by atoms with Gasteiger partial charge in [-0.2, -0.15) is 0 Å². The van der Waals surface area contributed by atoms with Crippen LogP contribution in [0.25, 0.3) is 0 Å². The van der Waals surface area contributed by atoms with Gasteiger partial charge >= 0.3 is 5.97 Å². The highest BCUT2D eigenvalue weighted by Gasteiger charge is 2.48. The van der Waals surface area contributed by atoms with E-state index in [0.717, 1.165) is 31.8 Å². The van der Waals surface area contributed by atoms with Crippen molar-refractivity contribution in [3.8, 4) is 0 Å². The van der Waals surface area contributed by atoms with Crippen molar-refractivity contribution in [2.45, 2.75) is 70.0 Å². The van der Waals surface area contributed by atoms with E-state index in [1.54, 1.807) is 0 Å². The van der Waals surface area contributed by atoms with Crippen molar-refractivity contribution < 1.29 is 9.53 Å². The first-order valence-corrected chi connectivity index (χ1v) is 7.78. The molecule has 0 saturated heterocycles. The number of carbonyl (C=O) groups is 1. The van der Waals surface area contributed by atoms with Crippen LogP contribution >= 0.6 is 0 Å². The summed E-state index contributed by atoms with van der Waals surface area (Å²) in [6.45, 7) is 5.74. The molecule has 2 aliphatic carbocycles. The Morgan fingerprint density at radius 3 is 2.58 bits per heavy atom. The molecule has 4 heteroatoms.